The van der Waals surface area contributed by atoms with Crippen LogP contribution < -0.4 is 9.47 Å². The zero-order chi connectivity index (χ0) is 18.6. The Morgan fingerprint density at radius 1 is 1.04 bits per heavy atom. The summed E-state index contributed by atoms with van der Waals surface area (Å²) in [6, 6.07) is 5.34. The van der Waals surface area contributed by atoms with E-state index in [0.717, 1.165) is 5.56 Å². The standard InChI is InChI=1S/C20H26O5/c1-5-24-17-8-7-13(10-18(17)25-6-2)9-14(21)19-15(22)11-20(3,4)12-16(19)23/h7-8,10,21H,5-6,9,11-12H2,1-4H3. The van der Waals surface area contributed by atoms with Gasteiger partial charge in [-0.3, -0.25) is 9.59 Å². The summed E-state index contributed by atoms with van der Waals surface area (Å²) in [5.74, 6) is 0.482. The third-order valence-corrected chi connectivity index (χ3v) is 4.10. The summed E-state index contributed by atoms with van der Waals surface area (Å²) in [4.78, 5) is 24.6. The van der Waals surface area contributed by atoms with Crippen LogP contribution in [0, 0.1) is 5.41 Å². The molecular formula is C20H26O5. The van der Waals surface area contributed by atoms with Crippen molar-refractivity contribution >= 4 is 11.6 Å². The fraction of sp³-hybridized carbons (Fsp3) is 0.500. The number of hydrogen-bond acceptors (Lipinski definition) is 5. The lowest BCUT2D eigenvalue weighted by atomic mass is 9.73. The van der Waals surface area contributed by atoms with Gasteiger partial charge in [-0.25, -0.2) is 0 Å². The molecule has 0 bridgehead atoms. The van der Waals surface area contributed by atoms with Crippen LogP contribution in [-0.2, 0) is 16.0 Å². The van der Waals surface area contributed by atoms with Crippen LogP contribution in [0.2, 0.25) is 0 Å². The first-order valence-corrected chi connectivity index (χ1v) is 8.64. The van der Waals surface area contributed by atoms with Crippen molar-refractivity contribution < 1.29 is 24.2 Å². The van der Waals surface area contributed by atoms with Crippen molar-refractivity contribution in [2.24, 2.45) is 5.41 Å². The molecule has 1 aliphatic rings. The minimum absolute atomic E-state index is 0.0498. The van der Waals surface area contributed by atoms with Crippen molar-refractivity contribution in [3.8, 4) is 11.5 Å². The molecule has 0 aliphatic heterocycles. The quantitative estimate of drug-likeness (QED) is 0.482. The lowest BCUT2D eigenvalue weighted by Gasteiger charge is -2.28. The Labute approximate surface area is 148 Å². The zero-order valence-electron chi connectivity index (χ0n) is 15.3. The van der Waals surface area contributed by atoms with E-state index in [-0.39, 0.29) is 47.6 Å². The van der Waals surface area contributed by atoms with E-state index in [2.05, 4.69) is 0 Å². The van der Waals surface area contributed by atoms with Crippen molar-refractivity contribution in [2.75, 3.05) is 13.2 Å². The number of rotatable bonds is 6. The first-order valence-electron chi connectivity index (χ1n) is 8.64. The highest BCUT2D eigenvalue weighted by atomic mass is 16.5. The van der Waals surface area contributed by atoms with Crippen molar-refractivity contribution in [1.82, 2.24) is 0 Å². The second kappa shape index (κ2) is 7.72. The second-order valence-corrected chi connectivity index (χ2v) is 7.01. The summed E-state index contributed by atoms with van der Waals surface area (Å²) in [5, 5.41) is 10.4. The van der Waals surface area contributed by atoms with Gasteiger partial charge in [0.15, 0.2) is 23.1 Å². The molecule has 0 aromatic heterocycles. The average Bonchev–Trinajstić information content (AvgIpc) is 2.48. The zero-order valence-corrected chi connectivity index (χ0v) is 15.3. The Morgan fingerprint density at radius 2 is 1.60 bits per heavy atom. The maximum Gasteiger partial charge on any atom is 0.170 e. The van der Waals surface area contributed by atoms with Crippen LogP contribution in [0.3, 0.4) is 0 Å². The highest BCUT2D eigenvalue weighted by Gasteiger charge is 2.37. The average molecular weight is 346 g/mol. The van der Waals surface area contributed by atoms with Gasteiger partial charge >= 0.3 is 0 Å². The predicted octanol–water partition coefficient (Wildman–Crippen LogP) is 3.80. The molecule has 0 unspecified atom stereocenters. The first kappa shape index (κ1) is 19.0. The molecule has 0 spiro atoms. The molecule has 1 aromatic carbocycles. The van der Waals surface area contributed by atoms with Crippen LogP contribution in [0.25, 0.3) is 0 Å². The number of aliphatic hydroxyl groups excluding tert-OH is 1. The number of Topliss-reactive ketones (excluding diaryl/α,β-unsaturated/α-hetero) is 2. The highest BCUT2D eigenvalue weighted by Crippen LogP contribution is 2.35. The minimum Gasteiger partial charge on any atom is -0.511 e. The summed E-state index contributed by atoms with van der Waals surface area (Å²) in [5.41, 5.74) is 0.354. The van der Waals surface area contributed by atoms with Gasteiger partial charge in [0.05, 0.1) is 18.8 Å². The molecule has 0 amide bonds. The topological polar surface area (TPSA) is 72.8 Å². The number of ketones is 2. The molecule has 136 valence electrons. The molecule has 1 N–H and O–H groups in total. The smallest absolute Gasteiger partial charge is 0.170 e. The second-order valence-electron chi connectivity index (χ2n) is 7.01. The summed E-state index contributed by atoms with van der Waals surface area (Å²) in [7, 11) is 0. The van der Waals surface area contributed by atoms with Crippen LogP contribution in [0.4, 0.5) is 0 Å². The van der Waals surface area contributed by atoms with Crippen LogP contribution >= 0.6 is 0 Å². The monoisotopic (exact) mass is 346 g/mol. The van der Waals surface area contributed by atoms with E-state index in [1.807, 2.05) is 27.7 Å². The van der Waals surface area contributed by atoms with E-state index < -0.39 is 0 Å². The van der Waals surface area contributed by atoms with E-state index in [9.17, 15) is 14.7 Å². The fourth-order valence-electron chi connectivity index (χ4n) is 3.07. The van der Waals surface area contributed by atoms with Gasteiger partial charge in [-0.15, -0.1) is 0 Å². The predicted molar refractivity (Wildman–Crippen MR) is 95.2 cm³/mol. The number of hydrogen-bond donors (Lipinski definition) is 1. The highest BCUT2D eigenvalue weighted by molar-refractivity contribution is 6.22. The van der Waals surface area contributed by atoms with Crippen molar-refractivity contribution in [3.05, 3.63) is 35.1 Å². The minimum atomic E-state index is -0.348. The van der Waals surface area contributed by atoms with Gasteiger partial charge < -0.3 is 14.6 Å². The molecule has 1 aliphatic carbocycles. The number of aliphatic hydroxyl groups is 1. The largest absolute Gasteiger partial charge is 0.511 e. The molecule has 0 radical (unpaired) electrons. The van der Waals surface area contributed by atoms with E-state index in [1.165, 1.54) is 0 Å². The molecule has 1 fully saturated rings. The number of carbonyl (C=O) groups excluding carboxylic acids is 2. The molecule has 1 aromatic rings. The molecule has 5 heteroatoms. The van der Waals surface area contributed by atoms with Gasteiger partial charge in [0.25, 0.3) is 0 Å². The summed E-state index contributed by atoms with van der Waals surface area (Å²) in [6.45, 7) is 8.55. The van der Waals surface area contributed by atoms with Gasteiger partial charge in [0.1, 0.15) is 5.76 Å². The Balaban J connectivity index is 2.27. The molecule has 2 rings (SSSR count). The Kier molecular flexibility index (Phi) is 5.88. The SMILES string of the molecule is CCOc1ccc(CC(O)=C2C(=O)CC(C)(C)CC2=O)cc1OCC. The molecular weight excluding hydrogens is 320 g/mol. The Morgan fingerprint density at radius 3 is 2.16 bits per heavy atom. The van der Waals surface area contributed by atoms with Crippen LogP contribution in [0.5, 0.6) is 11.5 Å². The molecule has 0 heterocycles. The van der Waals surface area contributed by atoms with Gasteiger partial charge in [0.2, 0.25) is 0 Å². The lowest BCUT2D eigenvalue weighted by Crippen LogP contribution is -2.32. The molecule has 0 saturated heterocycles. The molecule has 5 nitrogen and oxygen atoms in total. The molecule has 25 heavy (non-hydrogen) atoms. The van der Waals surface area contributed by atoms with Crippen LogP contribution in [-0.4, -0.2) is 29.9 Å². The third-order valence-electron chi connectivity index (χ3n) is 4.10. The van der Waals surface area contributed by atoms with Crippen molar-refractivity contribution in [2.45, 2.75) is 47.0 Å². The lowest BCUT2D eigenvalue weighted by molar-refractivity contribution is -0.127. The third kappa shape index (κ3) is 4.62. The van der Waals surface area contributed by atoms with E-state index in [1.54, 1.807) is 18.2 Å². The summed E-state index contributed by atoms with van der Waals surface area (Å²) >= 11 is 0. The van der Waals surface area contributed by atoms with Crippen molar-refractivity contribution in [1.29, 1.82) is 0 Å². The summed E-state index contributed by atoms with van der Waals surface area (Å²) in [6.07, 6.45) is 0.650. The Bertz CT molecular complexity index is 678. The molecule has 0 atom stereocenters. The van der Waals surface area contributed by atoms with Gasteiger partial charge in [0, 0.05) is 19.3 Å². The fourth-order valence-corrected chi connectivity index (χ4v) is 3.07. The van der Waals surface area contributed by atoms with Gasteiger partial charge in [-0.05, 0) is 37.0 Å². The first-order chi connectivity index (χ1) is 11.8. The van der Waals surface area contributed by atoms with E-state index >= 15 is 0 Å². The van der Waals surface area contributed by atoms with Gasteiger partial charge in [-0.1, -0.05) is 19.9 Å². The van der Waals surface area contributed by atoms with Crippen LogP contribution in [0.1, 0.15) is 46.1 Å². The van der Waals surface area contributed by atoms with E-state index in [0.29, 0.717) is 24.7 Å². The maximum atomic E-state index is 12.3. The maximum absolute atomic E-state index is 12.3. The number of benzene rings is 1. The number of ether oxygens (including phenoxy) is 2. The summed E-state index contributed by atoms with van der Waals surface area (Å²) < 4.78 is 11.1. The van der Waals surface area contributed by atoms with Crippen molar-refractivity contribution in [3.63, 3.8) is 0 Å². The normalized spacial score (nSPS) is 16.7. The van der Waals surface area contributed by atoms with Gasteiger partial charge in [-0.2, -0.15) is 0 Å². The van der Waals surface area contributed by atoms with E-state index in [4.69, 9.17) is 9.47 Å². The Hall–Kier alpha value is -2.30. The number of carbonyl (C=O) groups is 2. The molecule has 1 saturated carbocycles. The number of allylic oxidation sites excluding steroid dienone is 2. The van der Waals surface area contributed by atoms with Crippen LogP contribution in [0.15, 0.2) is 29.5 Å².